The second-order valence-electron chi connectivity index (χ2n) is 12.7. The summed E-state index contributed by atoms with van der Waals surface area (Å²) in [7, 11) is 2.88. The third kappa shape index (κ3) is 8.15. The Hall–Kier alpha value is -5.96. The molecule has 2 aliphatic heterocycles. The van der Waals surface area contributed by atoms with E-state index in [1.165, 1.54) is 23.8 Å². The lowest BCUT2D eigenvalue weighted by Crippen LogP contribution is -2.71. The molecule has 15 heteroatoms. The predicted molar refractivity (Wildman–Crippen MR) is 221 cm³/mol. The molecule has 3 heterocycles. The zero-order valence-corrected chi connectivity index (χ0v) is 33.2. The summed E-state index contributed by atoms with van der Waals surface area (Å²) >= 11 is 8.37. The van der Waals surface area contributed by atoms with E-state index < -0.39 is 34.7 Å². The Morgan fingerprint density at radius 1 is 0.930 bits per heavy atom. The van der Waals surface area contributed by atoms with Crippen molar-refractivity contribution in [1.82, 2.24) is 19.6 Å². The number of halogens is 1. The third-order valence-electron chi connectivity index (χ3n) is 9.37. The smallest absolute Gasteiger partial charge is 0.355 e. The van der Waals surface area contributed by atoms with Crippen LogP contribution in [-0.2, 0) is 36.1 Å². The first kappa shape index (κ1) is 39.3. The maximum atomic E-state index is 13.9. The van der Waals surface area contributed by atoms with Gasteiger partial charge >= 0.3 is 5.97 Å². The monoisotopic (exact) mass is 820 g/mol. The minimum absolute atomic E-state index is 0.000975. The van der Waals surface area contributed by atoms with Crippen LogP contribution in [0, 0.1) is 0 Å². The fourth-order valence-corrected chi connectivity index (χ4v) is 8.72. The average Bonchev–Trinajstić information content (AvgIpc) is 3.73. The largest absolute Gasteiger partial charge is 0.497 e. The Labute approximate surface area is 342 Å². The van der Waals surface area contributed by atoms with E-state index in [9.17, 15) is 14.4 Å². The van der Waals surface area contributed by atoms with Gasteiger partial charge in [-0.2, -0.15) is 9.36 Å². The normalized spacial score (nSPS) is 16.8. The number of nitrogens with one attached hydrogen (secondary N) is 2. The number of benzene rings is 4. The Morgan fingerprint density at radius 3 is 2.11 bits per heavy atom. The Bertz CT molecular complexity index is 2210. The fraction of sp³-hybridized carbons (Fsp3) is 0.190. The molecule has 2 aliphatic rings. The lowest BCUT2D eigenvalue weighted by Gasteiger charge is -2.49. The number of hydrogen-bond donors (Lipinski definition) is 2. The second-order valence-corrected chi connectivity index (χ2v) is 14.9. The van der Waals surface area contributed by atoms with E-state index in [-0.39, 0.29) is 29.7 Å². The van der Waals surface area contributed by atoms with Crippen molar-refractivity contribution in [2.45, 2.75) is 23.6 Å². The third-order valence-corrected chi connectivity index (χ3v) is 11.5. The van der Waals surface area contributed by atoms with Gasteiger partial charge in [-0.1, -0.05) is 120 Å². The maximum Gasteiger partial charge on any atom is 0.355 e. The molecule has 2 N–H and O–H groups in total. The topological polar surface area (TPSA) is 144 Å². The Morgan fingerprint density at radius 2 is 1.54 bits per heavy atom. The molecule has 1 fully saturated rings. The summed E-state index contributed by atoms with van der Waals surface area (Å²) < 4.78 is 15.4. The van der Waals surface area contributed by atoms with Crippen molar-refractivity contribution in [3.05, 3.63) is 167 Å². The lowest BCUT2D eigenvalue weighted by molar-refractivity contribution is -0.153. The van der Waals surface area contributed by atoms with Crippen molar-refractivity contribution in [2.24, 2.45) is 5.16 Å². The highest BCUT2D eigenvalue weighted by Gasteiger charge is 2.54. The van der Waals surface area contributed by atoms with Gasteiger partial charge in [0.2, 0.25) is 16.7 Å². The number of anilines is 1. The molecule has 12 nitrogen and oxygen atoms in total. The number of alkyl halides is 1. The highest BCUT2D eigenvalue weighted by Crippen LogP contribution is 2.42. The summed E-state index contributed by atoms with van der Waals surface area (Å²) in [5, 5.41) is 10.2. The minimum atomic E-state index is -0.981. The molecule has 0 radical (unpaired) electrons. The molecule has 0 saturated carbocycles. The van der Waals surface area contributed by atoms with Gasteiger partial charge in [0.1, 0.15) is 42.1 Å². The number of nitrogens with zero attached hydrogens (tertiary/aromatic N) is 4. The van der Waals surface area contributed by atoms with Crippen molar-refractivity contribution >= 4 is 63.5 Å². The molecule has 1 aromatic heterocycles. The first-order chi connectivity index (χ1) is 27.9. The van der Waals surface area contributed by atoms with E-state index in [2.05, 4.69) is 20.2 Å². The number of allylic oxidation sites excluding steroid dienone is 2. The first-order valence-electron chi connectivity index (χ1n) is 17.8. The van der Waals surface area contributed by atoms with Gasteiger partial charge in [-0.05, 0) is 40.0 Å². The van der Waals surface area contributed by atoms with Gasteiger partial charge in [-0.15, -0.1) is 23.4 Å². The zero-order chi connectivity index (χ0) is 39.8. The molecule has 0 spiro atoms. The highest BCUT2D eigenvalue weighted by molar-refractivity contribution is 8.00. The van der Waals surface area contributed by atoms with Crippen molar-refractivity contribution < 1.29 is 28.7 Å². The van der Waals surface area contributed by atoms with Crippen LogP contribution in [0.2, 0.25) is 0 Å². The van der Waals surface area contributed by atoms with E-state index in [1.807, 2.05) is 91.0 Å². The molecule has 0 unspecified atom stereocenters. The van der Waals surface area contributed by atoms with E-state index in [0.29, 0.717) is 22.2 Å². The maximum absolute atomic E-state index is 13.9. The highest BCUT2D eigenvalue weighted by atomic mass is 35.5. The summed E-state index contributed by atoms with van der Waals surface area (Å²) in [5.74, 6) is -0.624. The second kappa shape index (κ2) is 17.9. The minimum Gasteiger partial charge on any atom is -0.497 e. The van der Waals surface area contributed by atoms with Crippen molar-refractivity contribution in [3.63, 3.8) is 0 Å². The average molecular weight is 821 g/mol. The van der Waals surface area contributed by atoms with E-state index in [1.54, 1.807) is 43.5 Å². The van der Waals surface area contributed by atoms with Gasteiger partial charge in [-0.25, -0.2) is 4.79 Å². The molecule has 290 valence electrons. The van der Waals surface area contributed by atoms with Crippen molar-refractivity contribution in [3.8, 4) is 5.75 Å². The molecule has 1 saturated heterocycles. The molecule has 0 bridgehead atoms. The van der Waals surface area contributed by atoms with Crippen LogP contribution in [-0.4, -0.2) is 75.0 Å². The number of carbonyl (C=O) groups excluding carboxylic acids is 3. The Balaban J connectivity index is 1.12. The molecular weight excluding hydrogens is 784 g/mol. The summed E-state index contributed by atoms with van der Waals surface area (Å²) in [5.41, 5.74) is 3.19. The number of esters is 1. The number of rotatable bonds is 15. The molecule has 2 atom stereocenters. The van der Waals surface area contributed by atoms with Gasteiger partial charge in [0.15, 0.2) is 0 Å². The zero-order valence-electron chi connectivity index (χ0n) is 30.8. The van der Waals surface area contributed by atoms with Crippen LogP contribution in [0.25, 0.3) is 0 Å². The molecule has 7 rings (SSSR count). The van der Waals surface area contributed by atoms with Gasteiger partial charge in [0, 0.05) is 23.2 Å². The summed E-state index contributed by atoms with van der Waals surface area (Å²) in [6, 6.07) is 36.1. The fourth-order valence-electron chi connectivity index (χ4n) is 6.68. The number of methoxy groups -OCH3 is 1. The van der Waals surface area contributed by atoms with E-state index in [0.717, 1.165) is 33.8 Å². The van der Waals surface area contributed by atoms with Crippen LogP contribution in [0.15, 0.2) is 144 Å². The van der Waals surface area contributed by atoms with Crippen molar-refractivity contribution in [2.75, 3.05) is 31.2 Å². The number of hydrogen-bond acceptors (Lipinski definition) is 12. The quantitative estimate of drug-likeness (QED) is 0.0300. The summed E-state index contributed by atoms with van der Waals surface area (Å²) in [6.07, 6.45) is 3.41. The Kier molecular flexibility index (Phi) is 12.3. The SMILES string of the molecule is CO/N=C(\C(=O)N[C@@H]1C(=O)N2C(C(=O)OCc3ccc(OC)cc3)=C(/C=C\CCl)CS[C@@H]12)c1nsc(NC(c2ccccc2)(c2ccccc2)c2ccccc2)n1. The van der Waals surface area contributed by atoms with Crippen LogP contribution in [0.1, 0.15) is 28.1 Å². The van der Waals surface area contributed by atoms with Crippen LogP contribution < -0.4 is 15.4 Å². The molecule has 57 heavy (non-hydrogen) atoms. The number of thioether (sulfide) groups is 1. The van der Waals surface area contributed by atoms with Gasteiger partial charge < -0.3 is 24.9 Å². The van der Waals surface area contributed by atoms with Gasteiger partial charge in [0.05, 0.1) is 7.11 Å². The summed E-state index contributed by atoms with van der Waals surface area (Å²) in [4.78, 5) is 52.4. The number of ether oxygens (including phenoxy) is 2. The van der Waals surface area contributed by atoms with E-state index in [4.69, 9.17) is 30.9 Å². The number of fused-ring (bicyclic) bond motifs is 1. The number of amides is 2. The number of aromatic nitrogens is 2. The molecule has 4 aromatic carbocycles. The number of oxime groups is 1. The van der Waals surface area contributed by atoms with Crippen LogP contribution in [0.4, 0.5) is 5.13 Å². The van der Waals surface area contributed by atoms with Crippen LogP contribution in [0.3, 0.4) is 0 Å². The first-order valence-corrected chi connectivity index (χ1v) is 20.1. The van der Waals surface area contributed by atoms with Crippen LogP contribution in [0.5, 0.6) is 5.75 Å². The van der Waals surface area contributed by atoms with Gasteiger partial charge in [-0.3, -0.25) is 14.5 Å². The van der Waals surface area contributed by atoms with E-state index >= 15 is 0 Å². The molecule has 2 amide bonds. The summed E-state index contributed by atoms with van der Waals surface area (Å²) in [6.45, 7) is -0.0175. The van der Waals surface area contributed by atoms with Gasteiger partial charge in [0.25, 0.3) is 11.8 Å². The number of β-lactam (4-membered cyclic amide) rings is 1. The standard InChI is InChI=1S/C42H37ClN6O6S2/c1-53-32-22-20-27(21-23-32)25-55-40(52)35-28(13-12-24-43)26-56-39-34(38(51)49(35)39)44-37(50)33(47-54-2)36-45-41(57-48-36)46-42(29-14-6-3-7-15-29,30-16-8-4-9-17-30)31-18-10-5-11-19-31/h3-23,34,39H,24-26H2,1-2H3,(H,44,50)(H,45,46,48)/b13-12-,47-33-/t34-,39+/m1/s1. The molecular formula is C42H37ClN6O6S2. The molecule has 0 aliphatic carbocycles. The predicted octanol–water partition coefficient (Wildman–Crippen LogP) is 6.49. The van der Waals surface area contributed by atoms with Crippen molar-refractivity contribution in [1.29, 1.82) is 0 Å². The lowest BCUT2D eigenvalue weighted by atomic mass is 9.77. The van der Waals surface area contributed by atoms with Crippen LogP contribution >= 0.6 is 34.9 Å². The number of carbonyl (C=O) groups is 3. The molecule has 5 aromatic rings.